The van der Waals surface area contributed by atoms with Gasteiger partial charge in [0.25, 0.3) is 5.91 Å². The zero-order valence-electron chi connectivity index (χ0n) is 13.4. The molecule has 23 heavy (non-hydrogen) atoms. The van der Waals surface area contributed by atoms with Gasteiger partial charge in [-0.15, -0.1) is 11.3 Å². The first-order chi connectivity index (χ1) is 11.1. The molecule has 3 nitrogen and oxygen atoms in total. The maximum atomic E-state index is 12.3. The van der Waals surface area contributed by atoms with Crippen molar-refractivity contribution in [3.63, 3.8) is 0 Å². The molecule has 0 bridgehead atoms. The normalized spacial score (nSPS) is 11.3. The van der Waals surface area contributed by atoms with Crippen molar-refractivity contribution >= 4 is 33.5 Å². The summed E-state index contributed by atoms with van der Waals surface area (Å²) in [5.41, 5.74) is 7.88. The average Bonchev–Trinajstić information content (AvgIpc) is 2.93. The van der Waals surface area contributed by atoms with Gasteiger partial charge in [0.2, 0.25) is 0 Å². The Kier molecular flexibility index (Phi) is 4.26. The summed E-state index contributed by atoms with van der Waals surface area (Å²) in [6, 6.07) is 12.1. The number of benzene rings is 2. The SMILES string of the molecule is Cc1cc(C)c(C=NNC(=O)c2csc3ccccc23)c(C)c1. The molecule has 0 unspecified atom stereocenters. The molecule has 3 rings (SSSR count). The smallest absolute Gasteiger partial charge is 0.267 e. The van der Waals surface area contributed by atoms with Crippen LogP contribution in [-0.4, -0.2) is 12.1 Å². The lowest BCUT2D eigenvalue weighted by molar-refractivity contribution is 0.0957. The van der Waals surface area contributed by atoms with E-state index in [2.05, 4.69) is 43.4 Å². The van der Waals surface area contributed by atoms with Gasteiger partial charge in [0.05, 0.1) is 11.8 Å². The Bertz CT molecular complexity index is 886. The molecule has 3 aromatic rings. The number of hydrogen-bond donors (Lipinski definition) is 1. The van der Waals surface area contributed by atoms with E-state index in [9.17, 15) is 4.79 Å². The molecule has 0 aliphatic carbocycles. The number of thiophene rings is 1. The number of aryl methyl sites for hydroxylation is 3. The number of nitrogens with zero attached hydrogens (tertiary/aromatic N) is 1. The minimum atomic E-state index is -0.180. The van der Waals surface area contributed by atoms with Gasteiger partial charge in [-0.1, -0.05) is 35.9 Å². The van der Waals surface area contributed by atoms with E-state index in [1.54, 1.807) is 17.6 Å². The third kappa shape index (κ3) is 3.17. The molecule has 0 aliphatic rings. The highest BCUT2D eigenvalue weighted by Crippen LogP contribution is 2.25. The lowest BCUT2D eigenvalue weighted by Gasteiger charge is -2.06. The van der Waals surface area contributed by atoms with Gasteiger partial charge in [0.15, 0.2) is 0 Å². The second-order valence-corrected chi connectivity index (χ2v) is 6.57. The summed E-state index contributed by atoms with van der Waals surface area (Å²) in [7, 11) is 0. The maximum Gasteiger partial charge on any atom is 0.272 e. The number of hydrazone groups is 1. The number of amides is 1. The molecule has 0 saturated heterocycles. The Balaban J connectivity index is 1.79. The minimum absolute atomic E-state index is 0.180. The third-order valence-corrected chi connectivity index (χ3v) is 4.79. The molecular weight excluding hydrogens is 304 g/mol. The Labute approximate surface area is 139 Å². The fourth-order valence-corrected chi connectivity index (χ4v) is 3.71. The molecule has 1 amide bonds. The molecule has 1 aromatic heterocycles. The molecule has 0 spiro atoms. The second kappa shape index (κ2) is 6.34. The van der Waals surface area contributed by atoms with Gasteiger partial charge in [-0.3, -0.25) is 4.79 Å². The van der Waals surface area contributed by atoms with Crippen LogP contribution in [0, 0.1) is 20.8 Å². The van der Waals surface area contributed by atoms with Crippen LogP contribution < -0.4 is 5.43 Å². The lowest BCUT2D eigenvalue weighted by Crippen LogP contribution is -2.17. The summed E-state index contributed by atoms with van der Waals surface area (Å²) in [5.74, 6) is -0.180. The summed E-state index contributed by atoms with van der Waals surface area (Å²) in [5, 5.41) is 6.97. The van der Waals surface area contributed by atoms with Gasteiger partial charge < -0.3 is 0 Å². The van der Waals surface area contributed by atoms with Gasteiger partial charge in [0, 0.05) is 21.0 Å². The lowest BCUT2D eigenvalue weighted by atomic mass is 10.0. The zero-order chi connectivity index (χ0) is 16.4. The van der Waals surface area contributed by atoms with E-state index in [1.165, 1.54) is 5.56 Å². The molecule has 0 radical (unpaired) electrons. The molecule has 4 heteroatoms. The first-order valence-corrected chi connectivity index (χ1v) is 8.31. The number of hydrogen-bond acceptors (Lipinski definition) is 3. The number of carbonyl (C=O) groups is 1. The Morgan fingerprint density at radius 1 is 1.13 bits per heavy atom. The highest BCUT2D eigenvalue weighted by Gasteiger charge is 2.11. The van der Waals surface area contributed by atoms with E-state index in [-0.39, 0.29) is 5.91 Å². The molecule has 0 saturated carbocycles. The van der Waals surface area contributed by atoms with Crippen LogP contribution in [0.4, 0.5) is 0 Å². The van der Waals surface area contributed by atoms with Gasteiger partial charge in [-0.05, 0) is 38.0 Å². The van der Waals surface area contributed by atoms with Gasteiger partial charge >= 0.3 is 0 Å². The van der Waals surface area contributed by atoms with E-state index in [0.717, 1.165) is 26.8 Å². The van der Waals surface area contributed by atoms with Crippen LogP contribution in [0.25, 0.3) is 10.1 Å². The summed E-state index contributed by atoms with van der Waals surface area (Å²) < 4.78 is 1.10. The molecule has 0 fully saturated rings. The van der Waals surface area contributed by atoms with Crippen LogP contribution >= 0.6 is 11.3 Å². The van der Waals surface area contributed by atoms with Crippen molar-refractivity contribution in [1.82, 2.24) is 5.43 Å². The Morgan fingerprint density at radius 2 is 1.83 bits per heavy atom. The molecular formula is C19H18N2OS. The molecule has 0 aliphatic heterocycles. The summed E-state index contributed by atoms with van der Waals surface area (Å²) in [4.78, 5) is 12.3. The van der Waals surface area contributed by atoms with Crippen molar-refractivity contribution in [2.75, 3.05) is 0 Å². The summed E-state index contributed by atoms with van der Waals surface area (Å²) in [6.45, 7) is 6.18. The fourth-order valence-electron chi connectivity index (χ4n) is 2.76. The first kappa shape index (κ1) is 15.4. The first-order valence-electron chi connectivity index (χ1n) is 7.44. The van der Waals surface area contributed by atoms with Crippen LogP contribution in [0.2, 0.25) is 0 Å². The maximum absolute atomic E-state index is 12.3. The molecule has 0 atom stereocenters. The number of nitrogens with one attached hydrogen (secondary N) is 1. The van der Waals surface area contributed by atoms with Crippen molar-refractivity contribution in [1.29, 1.82) is 0 Å². The number of rotatable bonds is 3. The molecule has 1 heterocycles. The predicted octanol–water partition coefficient (Wildman–Crippen LogP) is 4.59. The quantitative estimate of drug-likeness (QED) is 0.556. The highest BCUT2D eigenvalue weighted by molar-refractivity contribution is 7.17. The Hall–Kier alpha value is -2.46. The zero-order valence-corrected chi connectivity index (χ0v) is 14.2. The Morgan fingerprint density at radius 3 is 2.57 bits per heavy atom. The van der Waals surface area contributed by atoms with Crippen LogP contribution in [0.5, 0.6) is 0 Å². The van der Waals surface area contributed by atoms with E-state index in [0.29, 0.717) is 5.56 Å². The predicted molar refractivity (Wildman–Crippen MR) is 97.5 cm³/mol. The molecule has 116 valence electrons. The van der Waals surface area contributed by atoms with Crippen molar-refractivity contribution in [2.45, 2.75) is 20.8 Å². The highest BCUT2D eigenvalue weighted by atomic mass is 32.1. The average molecular weight is 322 g/mol. The standard InChI is InChI=1S/C19H18N2OS/c1-12-8-13(2)16(14(3)9-12)10-20-21-19(22)17-11-23-18-7-5-4-6-15(17)18/h4-11H,1-3H3,(H,21,22). The van der Waals surface area contributed by atoms with Crippen molar-refractivity contribution in [3.8, 4) is 0 Å². The van der Waals surface area contributed by atoms with Crippen molar-refractivity contribution < 1.29 is 4.79 Å². The minimum Gasteiger partial charge on any atom is -0.267 e. The number of carbonyl (C=O) groups excluding carboxylic acids is 1. The van der Waals surface area contributed by atoms with Crippen LogP contribution in [0.1, 0.15) is 32.6 Å². The largest absolute Gasteiger partial charge is 0.272 e. The van der Waals surface area contributed by atoms with Crippen molar-refractivity contribution in [2.24, 2.45) is 5.10 Å². The van der Waals surface area contributed by atoms with Crippen LogP contribution in [0.15, 0.2) is 46.9 Å². The van der Waals surface area contributed by atoms with Crippen LogP contribution in [0.3, 0.4) is 0 Å². The summed E-state index contributed by atoms with van der Waals surface area (Å²) in [6.07, 6.45) is 1.72. The van der Waals surface area contributed by atoms with Gasteiger partial charge in [-0.2, -0.15) is 5.10 Å². The number of fused-ring (bicyclic) bond motifs is 1. The molecule has 2 aromatic carbocycles. The molecule has 1 N–H and O–H groups in total. The van der Waals surface area contributed by atoms with Gasteiger partial charge in [-0.25, -0.2) is 5.43 Å². The van der Waals surface area contributed by atoms with Crippen LogP contribution in [-0.2, 0) is 0 Å². The van der Waals surface area contributed by atoms with Crippen molar-refractivity contribution in [3.05, 3.63) is 69.6 Å². The van der Waals surface area contributed by atoms with E-state index in [4.69, 9.17) is 0 Å². The monoisotopic (exact) mass is 322 g/mol. The van der Waals surface area contributed by atoms with E-state index < -0.39 is 0 Å². The third-order valence-electron chi connectivity index (χ3n) is 3.82. The van der Waals surface area contributed by atoms with E-state index in [1.807, 2.05) is 29.6 Å². The topological polar surface area (TPSA) is 41.5 Å². The van der Waals surface area contributed by atoms with Gasteiger partial charge in [0.1, 0.15) is 0 Å². The van der Waals surface area contributed by atoms with E-state index >= 15 is 0 Å². The second-order valence-electron chi connectivity index (χ2n) is 5.66. The fraction of sp³-hybridized carbons (Fsp3) is 0.158. The summed E-state index contributed by atoms with van der Waals surface area (Å²) >= 11 is 1.57.